The first kappa shape index (κ1) is 46.7. The summed E-state index contributed by atoms with van der Waals surface area (Å²) in [4.78, 5) is 9.50. The normalized spacial score (nSPS) is 12.9. The Labute approximate surface area is 417 Å². The zero-order valence-corrected chi connectivity index (χ0v) is 43.0. The molecule has 0 saturated carbocycles. The van der Waals surface area contributed by atoms with Crippen molar-refractivity contribution >= 4 is 44.6 Å². The van der Waals surface area contributed by atoms with Crippen LogP contribution in [-0.2, 0) is 31.9 Å². The molecule has 68 heavy (non-hydrogen) atoms. The van der Waals surface area contributed by atoms with Gasteiger partial charge < -0.3 is 19.1 Å². The molecule has 0 radical (unpaired) electrons. The van der Waals surface area contributed by atoms with Crippen LogP contribution in [0.5, 0.6) is 11.5 Å². The van der Waals surface area contributed by atoms with Crippen LogP contribution in [0.4, 0.5) is 22.7 Å². The van der Waals surface area contributed by atoms with Crippen molar-refractivity contribution in [3.63, 3.8) is 0 Å². The summed E-state index contributed by atoms with van der Waals surface area (Å²) < 4.78 is 9.13. The molecular weight excluding hydrogens is 1010 g/mol. The Morgan fingerprint density at radius 1 is 0.544 bits per heavy atom. The van der Waals surface area contributed by atoms with E-state index in [2.05, 4.69) is 248 Å². The summed E-state index contributed by atoms with van der Waals surface area (Å²) in [5, 5.41) is 2.23. The Morgan fingerprint density at radius 3 is 1.94 bits per heavy atom. The Hall–Kier alpha value is -6.42. The van der Waals surface area contributed by atoms with Gasteiger partial charge in [-0.2, -0.15) is 6.07 Å². The van der Waals surface area contributed by atoms with Crippen molar-refractivity contribution in [3.8, 4) is 39.6 Å². The third kappa shape index (κ3) is 8.78. The average molecular weight is 1070 g/mol. The molecule has 7 aromatic carbocycles. The summed E-state index contributed by atoms with van der Waals surface area (Å²) in [7, 11) is 0. The molecule has 0 fully saturated rings. The predicted molar refractivity (Wildman–Crippen MR) is 281 cm³/mol. The first-order valence-corrected chi connectivity index (χ1v) is 23.7. The fraction of sp³-hybridized carbons (Fsp3) is 0.226. The molecular formula is C62H59N4OPt-3. The van der Waals surface area contributed by atoms with Gasteiger partial charge in [-0.25, -0.2) is 4.98 Å². The number of ether oxygens (including phenoxy) is 1. The van der Waals surface area contributed by atoms with Crippen LogP contribution >= 0.6 is 0 Å². The van der Waals surface area contributed by atoms with E-state index in [0.717, 1.165) is 61.5 Å². The molecule has 0 saturated heterocycles. The molecule has 3 heterocycles. The fourth-order valence-corrected chi connectivity index (χ4v) is 9.53. The monoisotopic (exact) mass is 1070 g/mol. The topological polar surface area (TPSA) is 33.5 Å². The van der Waals surface area contributed by atoms with Crippen molar-refractivity contribution < 1.29 is 25.8 Å². The van der Waals surface area contributed by atoms with E-state index in [-0.39, 0.29) is 31.9 Å². The Bertz CT molecular complexity index is 3270. The number of fused-ring (bicyclic) bond motifs is 4. The molecule has 0 unspecified atom stereocenters. The van der Waals surface area contributed by atoms with Crippen molar-refractivity contribution in [2.45, 2.75) is 91.9 Å². The zero-order chi connectivity index (χ0) is 46.8. The molecule has 0 bridgehead atoms. The van der Waals surface area contributed by atoms with Crippen LogP contribution in [0.2, 0.25) is 0 Å². The Morgan fingerprint density at radius 2 is 1.22 bits per heavy atom. The van der Waals surface area contributed by atoms with E-state index in [4.69, 9.17) is 9.72 Å². The maximum atomic E-state index is 6.92. The van der Waals surface area contributed by atoms with Crippen molar-refractivity contribution in [1.82, 2.24) is 9.55 Å². The quantitative estimate of drug-likeness (QED) is 0.135. The summed E-state index contributed by atoms with van der Waals surface area (Å²) in [6.07, 6.45) is 1.91. The van der Waals surface area contributed by atoms with Crippen molar-refractivity contribution in [2.75, 3.05) is 9.80 Å². The Balaban J connectivity index is 0.00000578. The summed E-state index contributed by atoms with van der Waals surface area (Å²) in [5.41, 5.74) is 15.9. The second-order valence-corrected chi connectivity index (χ2v) is 20.7. The van der Waals surface area contributed by atoms with Crippen LogP contribution in [0.1, 0.15) is 103 Å². The third-order valence-corrected chi connectivity index (χ3v) is 13.2. The van der Waals surface area contributed by atoms with Gasteiger partial charge in [0.25, 0.3) is 0 Å². The van der Waals surface area contributed by atoms with E-state index in [9.17, 15) is 0 Å². The van der Waals surface area contributed by atoms with Crippen LogP contribution in [-0.4, -0.2) is 9.55 Å². The second kappa shape index (κ2) is 18.2. The number of hydrogen-bond acceptors (Lipinski definition) is 4. The van der Waals surface area contributed by atoms with Crippen LogP contribution in [0.3, 0.4) is 0 Å². The smallest absolute Gasteiger partial charge is 0.135 e. The second-order valence-electron chi connectivity index (χ2n) is 20.7. The van der Waals surface area contributed by atoms with E-state index >= 15 is 0 Å². The standard InChI is InChI=1S/C62H59N4O.Pt/c1-40(2)51-23-17-24-52(41(3)4)60(51)43-20-16-21-47(32-43)64-39-65(58-35-45(61(5,6)7)26-29-56(58)64)48-33-44(42-18-12-11-13-19-42)34-50(37-48)67-49-27-28-54-53-22-14-15-25-55(53)66(57(54)38-49)59-36-46(30-31-63-59)62(8,9)10;/h11-36,39-41H,1-10H3;/q-3;. The van der Waals surface area contributed by atoms with Crippen molar-refractivity contribution in [2.24, 2.45) is 0 Å². The van der Waals surface area contributed by atoms with E-state index in [1.807, 2.05) is 12.3 Å². The molecule has 346 valence electrons. The van der Waals surface area contributed by atoms with Crippen molar-refractivity contribution in [1.29, 1.82) is 0 Å². The number of aromatic nitrogens is 2. The molecule has 9 aromatic rings. The summed E-state index contributed by atoms with van der Waals surface area (Å²) in [6, 6.07) is 61.9. The zero-order valence-electron chi connectivity index (χ0n) is 40.8. The molecule has 0 amide bonds. The SMILES string of the molecule is CC(C)c1cccc(C(C)C)c1-c1cccc(N2[CH-]N(c3[c-]c(Oc4[c-]c5c(cc4)c4ccccc4n5-c4cc(C(C)(C)C)ccn4)cc(-c4ccccc4)c3)c3cc(C(C)(C)C)ccc32)c1.[Pt]. The third-order valence-electron chi connectivity index (χ3n) is 13.2. The fourth-order valence-electron chi connectivity index (χ4n) is 9.53. The summed E-state index contributed by atoms with van der Waals surface area (Å²) in [6.45, 7) is 24.9. The largest absolute Gasteiger partial charge is 0.509 e. The van der Waals surface area contributed by atoms with Gasteiger partial charge in [0.2, 0.25) is 0 Å². The molecule has 0 N–H and O–H groups in total. The molecule has 0 spiro atoms. The minimum absolute atomic E-state index is 0. The van der Waals surface area contributed by atoms with Crippen molar-refractivity contribution in [3.05, 3.63) is 199 Å². The molecule has 0 atom stereocenters. The number of anilines is 4. The van der Waals surface area contributed by atoms with Gasteiger partial charge in [-0.15, -0.1) is 53.6 Å². The van der Waals surface area contributed by atoms with Gasteiger partial charge in [-0.05, 0) is 109 Å². The van der Waals surface area contributed by atoms with E-state index in [0.29, 0.717) is 23.3 Å². The molecule has 1 aliphatic heterocycles. The van der Waals surface area contributed by atoms with Gasteiger partial charge in [0.15, 0.2) is 0 Å². The van der Waals surface area contributed by atoms with E-state index < -0.39 is 0 Å². The van der Waals surface area contributed by atoms with Gasteiger partial charge in [0.05, 0.1) is 0 Å². The van der Waals surface area contributed by atoms with E-state index in [1.54, 1.807) is 0 Å². The first-order valence-electron chi connectivity index (χ1n) is 23.7. The maximum Gasteiger partial charge on any atom is 0.135 e. The van der Waals surface area contributed by atoms with Gasteiger partial charge in [0, 0.05) is 61.3 Å². The summed E-state index contributed by atoms with van der Waals surface area (Å²) >= 11 is 0. The minimum atomic E-state index is -0.0633. The van der Waals surface area contributed by atoms with Crippen LogP contribution < -0.4 is 14.5 Å². The van der Waals surface area contributed by atoms with Gasteiger partial charge >= 0.3 is 0 Å². The average Bonchev–Trinajstić information content (AvgIpc) is 3.87. The van der Waals surface area contributed by atoms with Gasteiger partial charge in [-0.1, -0.05) is 160 Å². The molecule has 0 aliphatic carbocycles. The molecule has 5 nitrogen and oxygen atoms in total. The van der Waals surface area contributed by atoms with Crippen LogP contribution in [0.25, 0.3) is 49.9 Å². The number of rotatable bonds is 9. The molecule has 6 heteroatoms. The Kier molecular flexibility index (Phi) is 12.5. The molecule has 10 rings (SSSR count). The van der Waals surface area contributed by atoms with Gasteiger partial charge in [0.1, 0.15) is 5.82 Å². The summed E-state index contributed by atoms with van der Waals surface area (Å²) in [5.74, 6) is 2.82. The maximum absolute atomic E-state index is 6.92. The van der Waals surface area contributed by atoms with Gasteiger partial charge in [-0.3, -0.25) is 0 Å². The molecule has 1 aliphatic rings. The van der Waals surface area contributed by atoms with Crippen LogP contribution in [0, 0.1) is 18.8 Å². The number of para-hydroxylation sites is 1. The number of nitrogens with zero attached hydrogens (tertiary/aromatic N) is 4. The predicted octanol–water partition coefficient (Wildman–Crippen LogP) is 17.2. The number of benzene rings is 7. The first-order chi connectivity index (χ1) is 32.1. The minimum Gasteiger partial charge on any atom is -0.509 e. The van der Waals surface area contributed by atoms with E-state index in [1.165, 1.54) is 33.4 Å². The number of hydrogen-bond donors (Lipinski definition) is 0. The van der Waals surface area contributed by atoms with Crippen LogP contribution in [0.15, 0.2) is 158 Å². The molecule has 2 aromatic heterocycles. The number of pyridine rings is 1.